The Morgan fingerprint density at radius 3 is 2.50 bits per heavy atom. The zero-order chi connectivity index (χ0) is 18.7. The van der Waals surface area contributed by atoms with Crippen LogP contribution in [-0.2, 0) is 0 Å². The van der Waals surface area contributed by atoms with E-state index in [1.807, 2.05) is 19.1 Å². The zero-order valence-corrected chi connectivity index (χ0v) is 13.7. The standard InChI is InChI=1S/C19H14F3N3O/c1-11-4-2-3-5-14(11)25-19(26)12-8-9-23-16(10-12)24-15-7-6-13(20)17(21)18(15)22/h2-10H,1H3,(H,23,24)(H,25,26). The van der Waals surface area contributed by atoms with E-state index in [1.165, 1.54) is 18.3 Å². The summed E-state index contributed by atoms with van der Waals surface area (Å²) in [6.07, 6.45) is 1.35. The summed E-state index contributed by atoms with van der Waals surface area (Å²) in [5.41, 5.74) is 1.55. The second-order valence-electron chi connectivity index (χ2n) is 5.55. The van der Waals surface area contributed by atoms with Crippen molar-refractivity contribution in [3.05, 3.63) is 83.3 Å². The Bertz CT molecular complexity index is 976. The maximum atomic E-state index is 13.8. The highest BCUT2D eigenvalue weighted by Gasteiger charge is 2.14. The van der Waals surface area contributed by atoms with Crippen LogP contribution in [0.1, 0.15) is 15.9 Å². The molecule has 0 bridgehead atoms. The molecular formula is C19H14F3N3O. The van der Waals surface area contributed by atoms with E-state index in [4.69, 9.17) is 0 Å². The monoisotopic (exact) mass is 357 g/mol. The van der Waals surface area contributed by atoms with E-state index in [9.17, 15) is 18.0 Å². The topological polar surface area (TPSA) is 54.0 Å². The molecule has 0 atom stereocenters. The van der Waals surface area contributed by atoms with E-state index in [1.54, 1.807) is 12.1 Å². The molecule has 3 aromatic rings. The van der Waals surface area contributed by atoms with Crippen molar-refractivity contribution in [2.24, 2.45) is 0 Å². The Labute approximate surface area is 147 Å². The van der Waals surface area contributed by atoms with E-state index in [0.29, 0.717) is 5.69 Å². The van der Waals surface area contributed by atoms with Gasteiger partial charge in [-0.2, -0.15) is 0 Å². The van der Waals surface area contributed by atoms with Gasteiger partial charge in [0.25, 0.3) is 5.91 Å². The van der Waals surface area contributed by atoms with Crippen LogP contribution in [0.25, 0.3) is 0 Å². The summed E-state index contributed by atoms with van der Waals surface area (Å²) < 4.78 is 40.1. The van der Waals surface area contributed by atoms with Crippen LogP contribution in [-0.4, -0.2) is 10.9 Å². The summed E-state index contributed by atoms with van der Waals surface area (Å²) in [6.45, 7) is 1.86. The fraction of sp³-hybridized carbons (Fsp3) is 0.0526. The van der Waals surface area contributed by atoms with Gasteiger partial charge < -0.3 is 10.6 Å². The van der Waals surface area contributed by atoms with Crippen LogP contribution in [0.2, 0.25) is 0 Å². The van der Waals surface area contributed by atoms with E-state index in [-0.39, 0.29) is 23.0 Å². The third-order valence-corrected chi connectivity index (χ3v) is 3.71. The highest BCUT2D eigenvalue weighted by Crippen LogP contribution is 2.23. The number of hydrogen-bond donors (Lipinski definition) is 2. The molecule has 26 heavy (non-hydrogen) atoms. The minimum absolute atomic E-state index is 0.118. The number of benzene rings is 2. The lowest BCUT2D eigenvalue weighted by Crippen LogP contribution is -2.13. The average molecular weight is 357 g/mol. The lowest BCUT2D eigenvalue weighted by molar-refractivity contribution is 0.102. The summed E-state index contributed by atoms with van der Waals surface area (Å²) in [5.74, 6) is -4.49. The number of para-hydroxylation sites is 1. The van der Waals surface area contributed by atoms with Gasteiger partial charge in [-0.15, -0.1) is 0 Å². The number of aromatic nitrogens is 1. The summed E-state index contributed by atoms with van der Waals surface area (Å²) in [5, 5.41) is 5.31. The van der Waals surface area contributed by atoms with Crippen molar-refractivity contribution in [1.82, 2.24) is 4.98 Å². The lowest BCUT2D eigenvalue weighted by atomic mass is 10.2. The van der Waals surface area contributed by atoms with Gasteiger partial charge in [0.15, 0.2) is 17.5 Å². The highest BCUT2D eigenvalue weighted by atomic mass is 19.2. The zero-order valence-electron chi connectivity index (χ0n) is 13.7. The maximum Gasteiger partial charge on any atom is 0.255 e. The normalized spacial score (nSPS) is 10.5. The van der Waals surface area contributed by atoms with Gasteiger partial charge in [-0.1, -0.05) is 18.2 Å². The molecule has 7 heteroatoms. The second kappa shape index (κ2) is 7.26. The third-order valence-electron chi connectivity index (χ3n) is 3.71. The van der Waals surface area contributed by atoms with Crippen molar-refractivity contribution in [3.63, 3.8) is 0 Å². The van der Waals surface area contributed by atoms with Crippen molar-refractivity contribution in [2.75, 3.05) is 10.6 Å². The number of hydrogen-bond acceptors (Lipinski definition) is 3. The Hall–Kier alpha value is -3.35. The van der Waals surface area contributed by atoms with Crippen molar-refractivity contribution < 1.29 is 18.0 Å². The minimum Gasteiger partial charge on any atom is -0.338 e. The van der Waals surface area contributed by atoms with E-state index in [0.717, 1.165) is 17.7 Å². The first-order valence-corrected chi connectivity index (χ1v) is 7.69. The molecule has 4 nitrogen and oxygen atoms in total. The van der Waals surface area contributed by atoms with Crippen LogP contribution < -0.4 is 10.6 Å². The molecular weight excluding hydrogens is 343 g/mol. The van der Waals surface area contributed by atoms with Crippen LogP contribution >= 0.6 is 0 Å². The number of halogens is 3. The van der Waals surface area contributed by atoms with Crippen LogP contribution in [0.3, 0.4) is 0 Å². The van der Waals surface area contributed by atoms with Crippen molar-refractivity contribution >= 4 is 23.1 Å². The first-order valence-electron chi connectivity index (χ1n) is 7.69. The quantitative estimate of drug-likeness (QED) is 0.659. The Morgan fingerprint density at radius 1 is 0.962 bits per heavy atom. The van der Waals surface area contributed by atoms with Gasteiger partial charge in [-0.05, 0) is 42.8 Å². The number of nitrogens with one attached hydrogen (secondary N) is 2. The van der Waals surface area contributed by atoms with Gasteiger partial charge in [0.1, 0.15) is 5.82 Å². The van der Waals surface area contributed by atoms with Crippen molar-refractivity contribution in [2.45, 2.75) is 6.92 Å². The molecule has 132 valence electrons. The number of nitrogens with zero attached hydrogens (tertiary/aromatic N) is 1. The summed E-state index contributed by atoms with van der Waals surface area (Å²) in [4.78, 5) is 16.3. The molecule has 0 aliphatic heterocycles. The third kappa shape index (κ3) is 3.66. The first-order chi connectivity index (χ1) is 12.5. The van der Waals surface area contributed by atoms with Crippen molar-refractivity contribution in [1.29, 1.82) is 0 Å². The Morgan fingerprint density at radius 2 is 1.73 bits per heavy atom. The molecule has 2 aromatic carbocycles. The minimum atomic E-state index is -1.58. The predicted octanol–water partition coefficient (Wildman–Crippen LogP) is 4.80. The van der Waals surface area contributed by atoms with Crippen molar-refractivity contribution in [3.8, 4) is 0 Å². The largest absolute Gasteiger partial charge is 0.338 e. The molecule has 0 fully saturated rings. The molecule has 0 aliphatic rings. The number of pyridine rings is 1. The van der Waals surface area contributed by atoms with Gasteiger partial charge in [0, 0.05) is 17.4 Å². The van der Waals surface area contributed by atoms with E-state index < -0.39 is 17.5 Å². The second-order valence-corrected chi connectivity index (χ2v) is 5.55. The highest BCUT2D eigenvalue weighted by molar-refractivity contribution is 6.05. The molecule has 2 N–H and O–H groups in total. The molecule has 1 aromatic heterocycles. The summed E-state index contributed by atoms with van der Waals surface area (Å²) in [7, 11) is 0. The number of anilines is 3. The fourth-order valence-corrected chi connectivity index (χ4v) is 2.31. The predicted molar refractivity (Wildman–Crippen MR) is 93.0 cm³/mol. The van der Waals surface area contributed by atoms with Gasteiger partial charge in [0.2, 0.25) is 0 Å². The molecule has 0 aliphatic carbocycles. The molecule has 1 amide bonds. The molecule has 1 heterocycles. The molecule has 0 radical (unpaired) electrons. The number of carbonyl (C=O) groups is 1. The molecule has 0 saturated heterocycles. The number of rotatable bonds is 4. The lowest BCUT2D eigenvalue weighted by Gasteiger charge is -2.10. The SMILES string of the molecule is Cc1ccccc1NC(=O)c1ccnc(Nc2ccc(F)c(F)c2F)c1. The van der Waals surface area contributed by atoms with E-state index in [2.05, 4.69) is 15.6 Å². The van der Waals surface area contributed by atoms with Crippen LogP contribution in [0, 0.1) is 24.4 Å². The molecule has 0 saturated carbocycles. The smallest absolute Gasteiger partial charge is 0.255 e. The van der Waals surface area contributed by atoms with Crippen LogP contribution in [0.15, 0.2) is 54.7 Å². The Kier molecular flexibility index (Phi) is 4.88. The molecule has 0 spiro atoms. The fourth-order valence-electron chi connectivity index (χ4n) is 2.31. The first kappa shape index (κ1) is 17.5. The number of carbonyl (C=O) groups excluding carboxylic acids is 1. The summed E-state index contributed by atoms with van der Waals surface area (Å²) in [6, 6.07) is 12.0. The Balaban J connectivity index is 1.81. The molecule has 3 rings (SSSR count). The van der Waals surface area contributed by atoms with Gasteiger partial charge in [0.05, 0.1) is 5.69 Å². The number of aryl methyl sites for hydroxylation is 1. The number of amides is 1. The van der Waals surface area contributed by atoms with Crippen LogP contribution in [0.4, 0.5) is 30.4 Å². The maximum absolute atomic E-state index is 13.8. The summed E-state index contributed by atoms with van der Waals surface area (Å²) >= 11 is 0. The van der Waals surface area contributed by atoms with Gasteiger partial charge >= 0.3 is 0 Å². The van der Waals surface area contributed by atoms with E-state index >= 15 is 0 Å². The van der Waals surface area contributed by atoms with Gasteiger partial charge in [-0.3, -0.25) is 4.79 Å². The molecule has 0 unspecified atom stereocenters. The van der Waals surface area contributed by atoms with Gasteiger partial charge in [-0.25, -0.2) is 18.2 Å². The average Bonchev–Trinajstić information content (AvgIpc) is 2.64. The van der Waals surface area contributed by atoms with Crippen LogP contribution in [0.5, 0.6) is 0 Å².